The molecule has 1 N–H and O–H groups in total. The Labute approximate surface area is 211 Å². The normalized spacial score (nSPS) is 11.4. The molecule has 0 unspecified atom stereocenters. The summed E-state index contributed by atoms with van der Waals surface area (Å²) in [4.78, 5) is 27.5. The van der Waals surface area contributed by atoms with Crippen LogP contribution in [-0.4, -0.2) is 46.7 Å². The predicted octanol–water partition coefficient (Wildman–Crippen LogP) is 6.11. The topological polar surface area (TPSA) is 76.5 Å². The zero-order valence-electron chi connectivity index (χ0n) is 22.5. The van der Waals surface area contributed by atoms with Gasteiger partial charge in [-0.2, -0.15) is 5.10 Å². The maximum absolute atomic E-state index is 13.0. The average molecular weight is 485 g/mol. The molecule has 7 nitrogen and oxygen atoms in total. The third-order valence-corrected chi connectivity index (χ3v) is 5.99. The highest BCUT2D eigenvalue weighted by atomic mass is 16.5. The van der Waals surface area contributed by atoms with Crippen LogP contribution in [0.15, 0.2) is 30.3 Å². The number of hydrogen-bond donors (Lipinski definition) is 1. The Kier molecular flexibility index (Phi) is 11.3. The molecule has 2 amide bonds. The summed E-state index contributed by atoms with van der Waals surface area (Å²) in [6, 6.07) is 9.44. The van der Waals surface area contributed by atoms with Gasteiger partial charge < -0.3 is 15.0 Å². The van der Waals surface area contributed by atoms with E-state index < -0.39 is 0 Å². The van der Waals surface area contributed by atoms with Gasteiger partial charge in [0.2, 0.25) is 11.8 Å². The number of carbonyl (C=O) groups excluding carboxylic acids is 2. The van der Waals surface area contributed by atoms with E-state index in [1.54, 1.807) is 16.7 Å². The number of unbranched alkanes of at least 4 members (excludes halogenated alkanes) is 5. The van der Waals surface area contributed by atoms with Crippen molar-refractivity contribution in [2.24, 2.45) is 0 Å². The minimum Gasteiger partial charge on any atom is -0.497 e. The van der Waals surface area contributed by atoms with Crippen LogP contribution in [0.1, 0.15) is 91.7 Å². The maximum Gasteiger partial charge on any atom is 0.245 e. The molecule has 0 fully saturated rings. The standard InChI is InChI=1S/C28H44N4O3/c1-7-9-10-11-12-13-14-27(34)31(19-8-2)21-26(33)29-25-20-24(28(3,4)5)30-32(25)22-15-17-23(35-6)18-16-22/h15-18,20H,7-14,19,21H2,1-6H3,(H,29,33). The molecule has 35 heavy (non-hydrogen) atoms. The summed E-state index contributed by atoms with van der Waals surface area (Å²) in [6.45, 7) is 11.1. The number of ether oxygens (including phenoxy) is 1. The lowest BCUT2D eigenvalue weighted by molar-refractivity contribution is -0.134. The highest BCUT2D eigenvalue weighted by Crippen LogP contribution is 2.27. The second kappa shape index (κ2) is 13.9. The molecule has 1 aromatic carbocycles. The summed E-state index contributed by atoms with van der Waals surface area (Å²) in [5.41, 5.74) is 1.51. The van der Waals surface area contributed by atoms with E-state index in [4.69, 9.17) is 9.84 Å². The molecular formula is C28H44N4O3. The Morgan fingerprint density at radius 3 is 2.26 bits per heavy atom. The number of amides is 2. The quantitative estimate of drug-likeness (QED) is 0.328. The van der Waals surface area contributed by atoms with Crippen molar-refractivity contribution in [3.8, 4) is 11.4 Å². The summed E-state index contributed by atoms with van der Waals surface area (Å²) in [5, 5.41) is 7.76. The van der Waals surface area contributed by atoms with Gasteiger partial charge >= 0.3 is 0 Å². The molecular weight excluding hydrogens is 440 g/mol. The zero-order chi connectivity index (χ0) is 25.8. The lowest BCUT2D eigenvalue weighted by Gasteiger charge is -2.22. The Balaban J connectivity index is 2.09. The lowest BCUT2D eigenvalue weighted by atomic mass is 9.92. The molecule has 0 saturated carbocycles. The first-order chi connectivity index (χ1) is 16.7. The Bertz CT molecular complexity index is 929. The van der Waals surface area contributed by atoms with E-state index in [2.05, 4.69) is 33.0 Å². The van der Waals surface area contributed by atoms with E-state index in [0.29, 0.717) is 18.8 Å². The van der Waals surface area contributed by atoms with Crippen molar-refractivity contribution in [3.05, 3.63) is 36.0 Å². The van der Waals surface area contributed by atoms with Crippen LogP contribution >= 0.6 is 0 Å². The van der Waals surface area contributed by atoms with Gasteiger partial charge in [0.1, 0.15) is 11.6 Å². The molecule has 0 saturated heterocycles. The van der Waals surface area contributed by atoms with Crippen LogP contribution in [0.5, 0.6) is 5.75 Å². The van der Waals surface area contributed by atoms with E-state index >= 15 is 0 Å². The van der Waals surface area contributed by atoms with Crippen LogP contribution < -0.4 is 10.1 Å². The summed E-state index contributed by atoms with van der Waals surface area (Å²) in [5.74, 6) is 1.17. The summed E-state index contributed by atoms with van der Waals surface area (Å²) >= 11 is 0. The van der Waals surface area contributed by atoms with Crippen molar-refractivity contribution in [3.63, 3.8) is 0 Å². The first-order valence-corrected chi connectivity index (χ1v) is 13.0. The molecule has 0 aliphatic carbocycles. The third kappa shape index (κ3) is 9.04. The highest BCUT2D eigenvalue weighted by Gasteiger charge is 2.23. The Morgan fingerprint density at radius 1 is 1.00 bits per heavy atom. The van der Waals surface area contributed by atoms with E-state index in [0.717, 1.165) is 36.4 Å². The maximum atomic E-state index is 13.0. The number of anilines is 1. The SMILES string of the molecule is CCCCCCCCC(=O)N(CCC)CC(=O)Nc1cc(C(C)(C)C)nn1-c1ccc(OC)cc1. The van der Waals surface area contributed by atoms with Gasteiger partial charge in [-0.25, -0.2) is 4.68 Å². The lowest BCUT2D eigenvalue weighted by Crippen LogP contribution is -2.38. The number of aromatic nitrogens is 2. The number of hydrogen-bond acceptors (Lipinski definition) is 4. The van der Waals surface area contributed by atoms with E-state index in [9.17, 15) is 9.59 Å². The van der Waals surface area contributed by atoms with Crippen molar-refractivity contribution >= 4 is 17.6 Å². The average Bonchev–Trinajstić information content (AvgIpc) is 3.25. The minimum absolute atomic E-state index is 0.0428. The van der Waals surface area contributed by atoms with Gasteiger partial charge in [-0.1, -0.05) is 66.7 Å². The smallest absolute Gasteiger partial charge is 0.245 e. The fourth-order valence-corrected chi connectivity index (χ4v) is 3.89. The number of carbonyl (C=O) groups is 2. The van der Waals surface area contributed by atoms with Gasteiger partial charge in [0.15, 0.2) is 0 Å². The second-order valence-corrected chi connectivity index (χ2v) is 10.2. The van der Waals surface area contributed by atoms with Crippen LogP contribution in [0.3, 0.4) is 0 Å². The molecule has 1 aromatic heterocycles. The molecule has 0 aliphatic rings. The van der Waals surface area contributed by atoms with Gasteiger partial charge in [0, 0.05) is 24.4 Å². The van der Waals surface area contributed by atoms with E-state index in [1.165, 1.54) is 25.7 Å². The number of nitrogens with zero attached hydrogens (tertiary/aromatic N) is 3. The molecule has 0 spiro atoms. The Morgan fingerprint density at radius 2 is 1.66 bits per heavy atom. The third-order valence-electron chi connectivity index (χ3n) is 5.99. The minimum atomic E-state index is -0.218. The van der Waals surface area contributed by atoms with Gasteiger partial charge in [-0.05, 0) is 37.1 Å². The van der Waals surface area contributed by atoms with Crippen molar-refractivity contribution in [1.82, 2.24) is 14.7 Å². The van der Waals surface area contributed by atoms with E-state index in [-0.39, 0.29) is 23.8 Å². The van der Waals surface area contributed by atoms with Gasteiger partial charge in [-0.3, -0.25) is 9.59 Å². The molecule has 0 bridgehead atoms. The van der Waals surface area contributed by atoms with E-state index in [1.807, 2.05) is 37.3 Å². The number of nitrogens with one attached hydrogen (secondary N) is 1. The molecule has 194 valence electrons. The van der Waals surface area contributed by atoms with Gasteiger partial charge in [0.25, 0.3) is 0 Å². The van der Waals surface area contributed by atoms with Crippen molar-refractivity contribution in [1.29, 1.82) is 0 Å². The summed E-state index contributed by atoms with van der Waals surface area (Å²) < 4.78 is 7.00. The van der Waals surface area contributed by atoms with Crippen LogP contribution in [0.2, 0.25) is 0 Å². The summed E-state index contributed by atoms with van der Waals surface area (Å²) in [7, 11) is 1.63. The summed E-state index contributed by atoms with van der Waals surface area (Å²) in [6.07, 6.45) is 8.11. The van der Waals surface area contributed by atoms with Crippen LogP contribution in [0.4, 0.5) is 5.82 Å². The first kappa shape index (κ1) is 28.4. The molecule has 0 aliphatic heterocycles. The fraction of sp³-hybridized carbons (Fsp3) is 0.607. The largest absolute Gasteiger partial charge is 0.497 e. The van der Waals surface area contributed by atoms with Crippen molar-refractivity contribution in [2.45, 2.75) is 91.4 Å². The highest BCUT2D eigenvalue weighted by molar-refractivity contribution is 5.94. The van der Waals surface area contributed by atoms with Crippen molar-refractivity contribution in [2.75, 3.05) is 25.5 Å². The second-order valence-electron chi connectivity index (χ2n) is 10.2. The number of benzene rings is 1. The molecule has 0 atom stereocenters. The van der Waals surface area contributed by atoms with Gasteiger partial charge in [0.05, 0.1) is 25.0 Å². The first-order valence-electron chi connectivity index (χ1n) is 13.0. The van der Waals surface area contributed by atoms with Crippen LogP contribution in [0.25, 0.3) is 5.69 Å². The number of rotatable bonds is 14. The molecule has 2 aromatic rings. The molecule has 1 heterocycles. The predicted molar refractivity (Wildman–Crippen MR) is 142 cm³/mol. The molecule has 7 heteroatoms. The molecule has 0 radical (unpaired) electrons. The Hall–Kier alpha value is -2.83. The van der Waals surface area contributed by atoms with Crippen LogP contribution in [-0.2, 0) is 15.0 Å². The molecule has 2 rings (SSSR count). The van der Waals surface area contributed by atoms with Crippen LogP contribution in [0, 0.1) is 0 Å². The van der Waals surface area contributed by atoms with Crippen molar-refractivity contribution < 1.29 is 14.3 Å². The number of methoxy groups -OCH3 is 1. The monoisotopic (exact) mass is 484 g/mol. The van der Waals surface area contributed by atoms with Gasteiger partial charge in [-0.15, -0.1) is 0 Å². The zero-order valence-corrected chi connectivity index (χ0v) is 22.5. The fourth-order valence-electron chi connectivity index (χ4n) is 3.89.